The van der Waals surface area contributed by atoms with Crippen LogP contribution in [0.2, 0.25) is 82.6 Å². The molecule has 41 heavy (non-hydrogen) atoms. The molecule has 0 N–H and O–H groups in total. The minimum Gasteiger partial charge on any atom is -0.0709 e. The quantitative estimate of drug-likeness (QED) is 0.213. The zero-order chi connectivity index (χ0) is 32.0. The number of rotatable bonds is 0. The molecule has 0 amide bonds. The number of hydrogen-bond donors (Lipinski definition) is 0. The van der Waals surface area contributed by atoms with Gasteiger partial charge in [0.2, 0.25) is 0 Å². The van der Waals surface area contributed by atoms with E-state index in [1.54, 1.807) is 0 Å². The van der Waals surface area contributed by atoms with Gasteiger partial charge in [-0.05, 0) is 30.2 Å². The second-order valence-electron chi connectivity index (χ2n) is 17.6. The molecule has 0 saturated heterocycles. The van der Waals surface area contributed by atoms with E-state index < -0.39 is 0 Å². The Morgan fingerprint density at radius 2 is 0.341 bits per heavy atom. The molecule has 0 bridgehead atoms. The fraction of sp³-hybridized carbons (Fsp3) is 1.00. The zero-order valence-corrected chi connectivity index (χ0v) is 46.9. The van der Waals surface area contributed by atoms with Crippen LogP contribution in [0.4, 0.5) is 0 Å². The minimum atomic E-state index is -0.0502. The summed E-state index contributed by atoms with van der Waals surface area (Å²) < 4.78 is 0. The molecule has 22 radical (unpaired) electrons. The van der Waals surface area contributed by atoms with Crippen molar-refractivity contribution in [2.24, 2.45) is 0 Å². The molecule has 0 saturated carbocycles. The first-order valence-electron chi connectivity index (χ1n) is 14.5. The largest absolute Gasteiger partial charge is 0.0709 e. The van der Waals surface area contributed by atoms with E-state index in [1.807, 2.05) is 0 Å². The van der Waals surface area contributed by atoms with Gasteiger partial charge in [0.25, 0.3) is 0 Å². The summed E-state index contributed by atoms with van der Waals surface area (Å²) >= 11 is 0. The standard InChI is InChI=1S/C8H18Si.4C6H15Si.4Ge/c1-7(2,3)9-8(4,5)6;4*1-6(2,3)7(4)5;;;;/h1-6H3;4*1-5H3;;;;. The maximum atomic E-state index is 2.35. The molecule has 0 aliphatic rings. The van der Waals surface area contributed by atoms with Gasteiger partial charge in [-0.3, -0.25) is 0 Å². The third-order valence-electron chi connectivity index (χ3n) is 6.75. The van der Waals surface area contributed by atoms with Crippen molar-refractivity contribution in [3.63, 3.8) is 0 Å². The summed E-state index contributed by atoms with van der Waals surface area (Å²) in [6.07, 6.45) is 0. The van der Waals surface area contributed by atoms with E-state index in [0.29, 0.717) is 30.2 Å². The Labute approximate surface area is 319 Å². The second kappa shape index (κ2) is 28.3. The van der Waals surface area contributed by atoms with Crippen molar-refractivity contribution in [1.29, 1.82) is 0 Å². The molecule has 0 aliphatic carbocycles. The van der Waals surface area contributed by atoms with E-state index >= 15 is 0 Å². The molecule has 0 unspecified atom stereocenters. The molecule has 0 nitrogen and oxygen atoms in total. The Kier molecular flexibility index (Phi) is 46.0. The van der Waals surface area contributed by atoms with Gasteiger partial charge in [0.1, 0.15) is 0 Å². The van der Waals surface area contributed by atoms with Crippen LogP contribution < -0.4 is 0 Å². The summed E-state index contributed by atoms with van der Waals surface area (Å²) in [5, 5.41) is 3.43. The summed E-state index contributed by atoms with van der Waals surface area (Å²) in [6, 6.07) is 0. The van der Waals surface area contributed by atoms with Gasteiger partial charge in [0, 0.05) is 106 Å². The summed E-state index contributed by atoms with van der Waals surface area (Å²) in [5.41, 5.74) is 0. The monoisotopic (exact) mass is 898 g/mol. The van der Waals surface area contributed by atoms with Crippen molar-refractivity contribution in [3.05, 3.63) is 0 Å². The van der Waals surface area contributed by atoms with Crippen LogP contribution in [0.1, 0.15) is 125 Å². The van der Waals surface area contributed by atoms with Crippen LogP contribution in [0, 0.1) is 0 Å². The fourth-order valence-electron chi connectivity index (χ4n) is 1.12. The molecule has 0 fully saturated rings. The first-order valence-corrected chi connectivity index (χ1v) is 25.5. The Balaban J connectivity index is -0.0000000437. The normalized spacial score (nSPS) is 11.9. The van der Waals surface area contributed by atoms with Crippen molar-refractivity contribution in [2.45, 2.75) is 207 Å². The fourth-order valence-corrected chi connectivity index (χ4v) is 3.38. The summed E-state index contributed by atoms with van der Waals surface area (Å²) in [7, 11) is 0.850. The topological polar surface area (TPSA) is 0 Å². The van der Waals surface area contributed by atoms with Gasteiger partial charge in [-0.1, -0.05) is 177 Å². The molecule has 0 aromatic heterocycles. The van der Waals surface area contributed by atoms with Crippen LogP contribution in [0.25, 0.3) is 0 Å². The molecule has 0 aromatic rings. The molecule has 242 valence electrons. The first-order chi connectivity index (χ1) is 15.5. The van der Waals surface area contributed by atoms with Crippen molar-refractivity contribution < 1.29 is 0 Å². The van der Waals surface area contributed by atoms with Crippen LogP contribution in [-0.2, 0) is 0 Å². The smallest absolute Gasteiger partial charge is 0.0511 e. The van der Waals surface area contributed by atoms with Crippen molar-refractivity contribution in [1.82, 2.24) is 0 Å². The second-order valence-corrected chi connectivity index (χ2v) is 34.9. The van der Waals surface area contributed by atoms with Crippen LogP contribution >= 0.6 is 0 Å². The third kappa shape index (κ3) is 66.6. The molecular formula is C32H78Ge4Si5. The van der Waals surface area contributed by atoms with Crippen LogP contribution in [0.3, 0.4) is 0 Å². The molecule has 0 heterocycles. The van der Waals surface area contributed by atoms with Crippen molar-refractivity contribution in [3.8, 4) is 0 Å². The van der Waals surface area contributed by atoms with E-state index in [2.05, 4.69) is 177 Å². The average molecular weight is 894 g/mol. The van der Waals surface area contributed by atoms with E-state index in [4.69, 9.17) is 0 Å². The van der Waals surface area contributed by atoms with E-state index in [-0.39, 0.29) is 106 Å². The van der Waals surface area contributed by atoms with Gasteiger partial charge in [-0.25, -0.2) is 0 Å². The summed E-state index contributed by atoms with van der Waals surface area (Å²) in [6.45, 7) is 60.3. The van der Waals surface area contributed by atoms with Gasteiger partial charge < -0.3 is 0 Å². The van der Waals surface area contributed by atoms with E-state index in [1.165, 1.54) is 0 Å². The van der Waals surface area contributed by atoms with Crippen molar-refractivity contribution >= 4 is 115 Å². The molecule has 0 atom stereocenters. The van der Waals surface area contributed by atoms with E-state index in [0.717, 1.165) is 9.52 Å². The molecule has 9 heteroatoms. The average Bonchev–Trinajstić information content (AvgIpc) is 2.49. The molecular weight excluding hydrogens is 815 g/mol. The predicted molar refractivity (Wildman–Crippen MR) is 217 cm³/mol. The van der Waals surface area contributed by atoms with Gasteiger partial charge in [-0.2, -0.15) is 0 Å². The van der Waals surface area contributed by atoms with Gasteiger partial charge in [-0.15, -0.1) is 0 Å². The SMILES string of the molecule is CC(C)(C)[Si]C(C)(C)C.C[Si](C)C(C)(C)C.C[Si](C)C(C)(C)C.C[Si](C)C(C)(C)C.C[Si](C)C(C)(C)C.[Ge].[Ge].[Ge].[Ge]. The van der Waals surface area contributed by atoms with Gasteiger partial charge in [0.15, 0.2) is 0 Å². The maximum Gasteiger partial charge on any atom is 0.0511 e. The molecule has 0 aliphatic heterocycles. The number of hydrogen-bond acceptors (Lipinski definition) is 0. The Morgan fingerprint density at radius 3 is 0.341 bits per heavy atom. The Morgan fingerprint density at radius 1 is 0.268 bits per heavy atom. The molecule has 0 spiro atoms. The van der Waals surface area contributed by atoms with Crippen LogP contribution in [0.15, 0.2) is 0 Å². The summed E-state index contributed by atoms with van der Waals surface area (Å²) in [5.74, 6) is 0. The third-order valence-corrected chi connectivity index (χ3v) is 20.2. The summed E-state index contributed by atoms with van der Waals surface area (Å²) in [4.78, 5) is 0. The zero-order valence-electron chi connectivity index (χ0n) is 33.5. The van der Waals surface area contributed by atoms with Gasteiger partial charge in [0.05, 0.1) is 9.52 Å². The Bertz CT molecular complexity index is 441. The maximum absolute atomic E-state index is 2.35. The van der Waals surface area contributed by atoms with Crippen LogP contribution in [0.5, 0.6) is 0 Å². The predicted octanol–water partition coefficient (Wildman–Crippen LogP) is 11.8. The van der Waals surface area contributed by atoms with Crippen molar-refractivity contribution in [2.75, 3.05) is 0 Å². The molecule has 0 rings (SSSR count). The molecule has 0 aromatic carbocycles. The first kappa shape index (κ1) is 66.6. The van der Waals surface area contributed by atoms with Gasteiger partial charge >= 0.3 is 0 Å². The minimum absolute atomic E-state index is 0. The Hall–Kier alpha value is 3.26. The van der Waals surface area contributed by atoms with Crippen LogP contribution in [-0.4, -0.2) is 115 Å². The van der Waals surface area contributed by atoms with E-state index in [9.17, 15) is 0 Å².